The number of rotatable bonds is 7. The van der Waals surface area contributed by atoms with Crippen molar-refractivity contribution in [1.82, 2.24) is 5.32 Å². The molecule has 0 radical (unpaired) electrons. The van der Waals surface area contributed by atoms with Crippen LogP contribution in [0.4, 0.5) is 5.69 Å². The molecule has 0 fully saturated rings. The van der Waals surface area contributed by atoms with Crippen LogP contribution in [0.2, 0.25) is 5.02 Å². The number of halogens is 1. The molecule has 0 saturated carbocycles. The molecule has 1 unspecified atom stereocenters. The third-order valence-corrected chi connectivity index (χ3v) is 2.93. The van der Waals surface area contributed by atoms with Crippen LogP contribution in [0.1, 0.15) is 20.3 Å². The lowest BCUT2D eigenvalue weighted by atomic mass is 10.1. The maximum absolute atomic E-state index is 11.9. The van der Waals surface area contributed by atoms with Crippen LogP contribution >= 0.6 is 11.6 Å². The predicted octanol–water partition coefficient (Wildman–Crippen LogP) is 2.07. The van der Waals surface area contributed by atoms with Crippen LogP contribution in [-0.4, -0.2) is 34.7 Å². The molecule has 6 nitrogen and oxygen atoms in total. The fourth-order valence-electron chi connectivity index (χ4n) is 1.62. The largest absolute Gasteiger partial charge is 0.506 e. The summed E-state index contributed by atoms with van der Waals surface area (Å²) in [5.41, 5.74) is 0.153. The number of anilines is 1. The Morgan fingerprint density at radius 3 is 2.57 bits per heavy atom. The summed E-state index contributed by atoms with van der Waals surface area (Å²) in [6.07, 6.45) is -0.242. The van der Waals surface area contributed by atoms with Crippen molar-refractivity contribution in [3.63, 3.8) is 0 Å². The van der Waals surface area contributed by atoms with E-state index in [2.05, 4.69) is 10.6 Å². The Morgan fingerprint density at radius 2 is 2.00 bits per heavy atom. The second-order valence-electron chi connectivity index (χ2n) is 5.11. The normalized spacial score (nSPS) is 12.2. The standard InChI is InChI=1S/C14H19ClN2O4/c1-8(2)7-16-11(14(20)21)6-13(19)17-10-5-9(15)3-4-12(10)18/h3-5,8,11,16,18H,6-7H2,1-2H3,(H,17,19)(H,20,21). The van der Waals surface area contributed by atoms with Crippen molar-refractivity contribution in [2.75, 3.05) is 11.9 Å². The highest BCUT2D eigenvalue weighted by atomic mass is 35.5. The van der Waals surface area contributed by atoms with Gasteiger partial charge in [0.1, 0.15) is 11.8 Å². The average Bonchev–Trinajstić information content (AvgIpc) is 2.38. The SMILES string of the molecule is CC(C)CNC(CC(=O)Nc1cc(Cl)ccc1O)C(=O)O. The minimum Gasteiger partial charge on any atom is -0.506 e. The van der Waals surface area contributed by atoms with Crippen molar-refractivity contribution < 1.29 is 19.8 Å². The van der Waals surface area contributed by atoms with E-state index in [9.17, 15) is 14.7 Å². The van der Waals surface area contributed by atoms with E-state index in [0.717, 1.165) is 0 Å². The predicted molar refractivity (Wildman–Crippen MR) is 80.6 cm³/mol. The van der Waals surface area contributed by atoms with Crippen LogP contribution in [0.25, 0.3) is 0 Å². The number of aliphatic carboxylic acids is 1. The summed E-state index contributed by atoms with van der Waals surface area (Å²) in [5, 5.41) is 24.3. The lowest BCUT2D eigenvalue weighted by molar-refractivity contribution is -0.141. The Hall–Kier alpha value is -1.79. The average molecular weight is 315 g/mol. The van der Waals surface area contributed by atoms with Gasteiger partial charge in [0.2, 0.25) is 5.91 Å². The summed E-state index contributed by atoms with van der Waals surface area (Å²) in [6, 6.07) is 3.25. The van der Waals surface area contributed by atoms with Crippen molar-refractivity contribution in [3.05, 3.63) is 23.2 Å². The number of phenolic OH excluding ortho intramolecular Hbond substituents is 1. The Labute approximate surface area is 128 Å². The molecule has 1 amide bonds. The molecule has 7 heteroatoms. The first-order valence-corrected chi connectivity index (χ1v) is 6.92. The number of nitrogens with one attached hydrogen (secondary N) is 2. The summed E-state index contributed by atoms with van der Waals surface area (Å²) in [5.74, 6) is -1.47. The molecule has 0 heterocycles. The maximum atomic E-state index is 11.9. The fraction of sp³-hybridized carbons (Fsp3) is 0.429. The van der Waals surface area contributed by atoms with Crippen molar-refractivity contribution in [2.24, 2.45) is 5.92 Å². The number of aromatic hydroxyl groups is 1. The van der Waals surface area contributed by atoms with Gasteiger partial charge >= 0.3 is 5.97 Å². The highest BCUT2D eigenvalue weighted by Crippen LogP contribution is 2.26. The van der Waals surface area contributed by atoms with Gasteiger partial charge < -0.3 is 20.8 Å². The number of carboxylic acids is 1. The summed E-state index contributed by atoms with van der Waals surface area (Å²) >= 11 is 5.77. The molecule has 4 N–H and O–H groups in total. The first-order valence-electron chi connectivity index (χ1n) is 6.54. The zero-order chi connectivity index (χ0) is 16.0. The van der Waals surface area contributed by atoms with Crippen molar-refractivity contribution >= 4 is 29.2 Å². The minimum absolute atomic E-state index is 0.130. The fourth-order valence-corrected chi connectivity index (χ4v) is 1.79. The van der Waals surface area contributed by atoms with Crippen LogP contribution in [0.15, 0.2) is 18.2 Å². The number of amides is 1. The number of phenols is 1. The van der Waals surface area contributed by atoms with E-state index in [1.807, 2.05) is 13.8 Å². The van der Waals surface area contributed by atoms with Gasteiger partial charge in [-0.3, -0.25) is 9.59 Å². The number of carbonyl (C=O) groups is 2. The quantitative estimate of drug-likeness (QED) is 0.578. The molecule has 1 rings (SSSR count). The molecule has 1 aromatic rings. The van der Waals surface area contributed by atoms with E-state index in [4.69, 9.17) is 16.7 Å². The number of benzene rings is 1. The van der Waals surface area contributed by atoms with Crippen LogP contribution in [0.3, 0.4) is 0 Å². The highest BCUT2D eigenvalue weighted by molar-refractivity contribution is 6.31. The molecular weight excluding hydrogens is 296 g/mol. The lowest BCUT2D eigenvalue weighted by Crippen LogP contribution is -2.41. The molecule has 1 atom stereocenters. The van der Waals surface area contributed by atoms with Crippen LogP contribution < -0.4 is 10.6 Å². The number of carboxylic acid groups (broad SMARTS) is 1. The molecule has 0 aliphatic carbocycles. The van der Waals surface area contributed by atoms with E-state index in [-0.39, 0.29) is 23.8 Å². The number of hydrogen-bond donors (Lipinski definition) is 4. The number of carbonyl (C=O) groups excluding carboxylic acids is 1. The van der Waals surface area contributed by atoms with E-state index < -0.39 is 17.9 Å². The monoisotopic (exact) mass is 314 g/mol. The van der Waals surface area contributed by atoms with Crippen molar-refractivity contribution in [2.45, 2.75) is 26.3 Å². The van der Waals surface area contributed by atoms with Gasteiger partial charge in [0.15, 0.2) is 0 Å². The van der Waals surface area contributed by atoms with Crippen LogP contribution in [0.5, 0.6) is 5.75 Å². The molecular formula is C14H19ClN2O4. The Bertz CT molecular complexity index is 520. The molecule has 0 spiro atoms. The minimum atomic E-state index is -1.10. The molecule has 116 valence electrons. The van der Waals surface area contributed by atoms with Gasteiger partial charge in [0.05, 0.1) is 12.1 Å². The van der Waals surface area contributed by atoms with Gasteiger partial charge in [0, 0.05) is 5.02 Å². The lowest BCUT2D eigenvalue weighted by Gasteiger charge is -2.16. The molecule has 0 aliphatic rings. The Balaban J connectivity index is 2.65. The smallest absolute Gasteiger partial charge is 0.321 e. The topological polar surface area (TPSA) is 98.7 Å². The van der Waals surface area contributed by atoms with Gasteiger partial charge in [-0.15, -0.1) is 0 Å². The molecule has 0 bridgehead atoms. The van der Waals surface area contributed by atoms with Gasteiger partial charge in [-0.2, -0.15) is 0 Å². The number of hydrogen-bond acceptors (Lipinski definition) is 4. The van der Waals surface area contributed by atoms with Crippen LogP contribution in [-0.2, 0) is 9.59 Å². The first kappa shape index (κ1) is 17.3. The van der Waals surface area contributed by atoms with E-state index in [1.165, 1.54) is 18.2 Å². The van der Waals surface area contributed by atoms with Gasteiger partial charge in [-0.05, 0) is 30.7 Å². The molecule has 0 saturated heterocycles. The van der Waals surface area contributed by atoms with E-state index >= 15 is 0 Å². The van der Waals surface area contributed by atoms with Crippen molar-refractivity contribution in [1.29, 1.82) is 0 Å². The second-order valence-corrected chi connectivity index (χ2v) is 5.54. The Kier molecular flexibility index (Phi) is 6.45. The maximum Gasteiger partial charge on any atom is 0.321 e. The van der Waals surface area contributed by atoms with Gasteiger partial charge in [-0.1, -0.05) is 25.4 Å². The zero-order valence-electron chi connectivity index (χ0n) is 11.9. The summed E-state index contributed by atoms with van der Waals surface area (Å²) < 4.78 is 0. The van der Waals surface area contributed by atoms with Gasteiger partial charge in [0.25, 0.3) is 0 Å². The molecule has 0 aliphatic heterocycles. The first-order chi connectivity index (χ1) is 9.79. The Morgan fingerprint density at radius 1 is 1.33 bits per heavy atom. The summed E-state index contributed by atoms with van der Waals surface area (Å²) in [4.78, 5) is 23.0. The molecule has 0 aromatic heterocycles. The third kappa shape index (κ3) is 6.01. The zero-order valence-corrected chi connectivity index (χ0v) is 12.6. The van der Waals surface area contributed by atoms with E-state index in [0.29, 0.717) is 11.6 Å². The highest BCUT2D eigenvalue weighted by Gasteiger charge is 2.21. The second kappa shape index (κ2) is 7.85. The van der Waals surface area contributed by atoms with E-state index in [1.54, 1.807) is 0 Å². The summed E-state index contributed by atoms with van der Waals surface area (Å²) in [7, 11) is 0. The van der Waals surface area contributed by atoms with Gasteiger partial charge in [-0.25, -0.2) is 0 Å². The van der Waals surface area contributed by atoms with Crippen LogP contribution in [0, 0.1) is 5.92 Å². The molecule has 1 aromatic carbocycles. The summed E-state index contributed by atoms with van der Waals surface area (Å²) in [6.45, 7) is 4.37. The molecule has 21 heavy (non-hydrogen) atoms. The van der Waals surface area contributed by atoms with Crippen molar-refractivity contribution in [3.8, 4) is 5.75 Å². The third-order valence-electron chi connectivity index (χ3n) is 2.69.